The lowest BCUT2D eigenvalue weighted by molar-refractivity contribution is 0.0954. The first-order chi connectivity index (χ1) is 10.6. The molecule has 0 radical (unpaired) electrons. The van der Waals surface area contributed by atoms with Gasteiger partial charge in [0.25, 0.3) is 5.91 Å². The Kier molecular flexibility index (Phi) is 3.70. The molecule has 0 aliphatic rings. The van der Waals surface area contributed by atoms with Crippen LogP contribution in [0.2, 0.25) is 0 Å². The molecular weight excluding hydrogens is 280 g/mol. The first-order valence-corrected chi connectivity index (χ1v) is 7.34. The van der Waals surface area contributed by atoms with Gasteiger partial charge in [0.2, 0.25) is 0 Å². The molecule has 7 heteroatoms. The minimum atomic E-state index is -0.0924. The SMILES string of the molecule is Cc1cc(C)n(CCCNC(=O)c2cnn3ccn(C)c23)n1. The summed E-state index contributed by atoms with van der Waals surface area (Å²) in [4.78, 5) is 12.3. The molecule has 0 saturated heterocycles. The van der Waals surface area contributed by atoms with Crippen LogP contribution >= 0.6 is 0 Å². The van der Waals surface area contributed by atoms with Crippen LogP contribution in [-0.4, -0.2) is 36.4 Å². The van der Waals surface area contributed by atoms with Gasteiger partial charge >= 0.3 is 0 Å². The zero-order chi connectivity index (χ0) is 15.7. The number of hydrogen-bond acceptors (Lipinski definition) is 3. The van der Waals surface area contributed by atoms with E-state index in [4.69, 9.17) is 0 Å². The zero-order valence-electron chi connectivity index (χ0n) is 13.1. The Balaban J connectivity index is 1.56. The maximum absolute atomic E-state index is 12.3. The number of hydrogen-bond donors (Lipinski definition) is 1. The van der Waals surface area contributed by atoms with Crippen LogP contribution in [0.15, 0.2) is 24.7 Å². The van der Waals surface area contributed by atoms with Crippen molar-refractivity contribution >= 4 is 11.6 Å². The molecule has 116 valence electrons. The third-order valence-electron chi connectivity index (χ3n) is 3.71. The molecule has 0 unspecified atom stereocenters. The van der Waals surface area contributed by atoms with E-state index in [2.05, 4.69) is 21.6 Å². The lowest BCUT2D eigenvalue weighted by Crippen LogP contribution is -2.25. The third kappa shape index (κ3) is 2.61. The number of nitrogens with one attached hydrogen (secondary N) is 1. The Morgan fingerprint density at radius 2 is 2.14 bits per heavy atom. The highest BCUT2D eigenvalue weighted by Gasteiger charge is 2.14. The van der Waals surface area contributed by atoms with E-state index in [1.807, 2.05) is 42.5 Å². The maximum atomic E-state index is 12.3. The van der Waals surface area contributed by atoms with Gasteiger partial charge in [-0.1, -0.05) is 0 Å². The van der Waals surface area contributed by atoms with Crippen LogP contribution in [0.3, 0.4) is 0 Å². The van der Waals surface area contributed by atoms with Gasteiger partial charge < -0.3 is 9.88 Å². The second-order valence-electron chi connectivity index (χ2n) is 5.50. The molecular formula is C15H20N6O. The van der Waals surface area contributed by atoms with Crippen LogP contribution < -0.4 is 5.32 Å². The predicted molar refractivity (Wildman–Crippen MR) is 82.8 cm³/mol. The topological polar surface area (TPSA) is 69.2 Å². The van der Waals surface area contributed by atoms with Crippen molar-refractivity contribution in [2.75, 3.05) is 6.54 Å². The molecule has 0 bridgehead atoms. The van der Waals surface area contributed by atoms with Gasteiger partial charge in [-0.2, -0.15) is 10.2 Å². The second-order valence-corrected chi connectivity index (χ2v) is 5.50. The number of carbonyl (C=O) groups excluding carboxylic acids is 1. The van der Waals surface area contributed by atoms with Gasteiger partial charge in [0, 0.05) is 38.2 Å². The van der Waals surface area contributed by atoms with E-state index in [0.717, 1.165) is 30.0 Å². The van der Waals surface area contributed by atoms with E-state index in [1.165, 1.54) is 0 Å². The Hall–Kier alpha value is -2.57. The fourth-order valence-corrected chi connectivity index (χ4v) is 2.64. The van der Waals surface area contributed by atoms with Gasteiger partial charge in [-0.3, -0.25) is 9.48 Å². The summed E-state index contributed by atoms with van der Waals surface area (Å²) in [5, 5.41) is 11.5. The highest BCUT2D eigenvalue weighted by molar-refractivity contribution is 5.99. The minimum absolute atomic E-state index is 0.0924. The number of fused-ring (bicyclic) bond motifs is 1. The Morgan fingerprint density at radius 3 is 2.86 bits per heavy atom. The van der Waals surface area contributed by atoms with Crippen molar-refractivity contribution in [2.24, 2.45) is 7.05 Å². The Bertz CT molecular complexity index is 809. The van der Waals surface area contributed by atoms with E-state index < -0.39 is 0 Å². The zero-order valence-corrected chi connectivity index (χ0v) is 13.1. The van der Waals surface area contributed by atoms with E-state index >= 15 is 0 Å². The number of rotatable bonds is 5. The standard InChI is InChI=1S/C15H20N6O/c1-11-9-12(2)20(18-11)6-4-5-16-14(22)13-10-17-21-8-7-19(3)15(13)21/h7-10H,4-6H2,1-3H3,(H,16,22). The summed E-state index contributed by atoms with van der Waals surface area (Å²) in [5.41, 5.74) is 3.56. The highest BCUT2D eigenvalue weighted by Crippen LogP contribution is 2.10. The number of amides is 1. The van der Waals surface area contributed by atoms with Crippen molar-refractivity contribution in [2.45, 2.75) is 26.8 Å². The molecule has 3 aromatic heterocycles. The maximum Gasteiger partial charge on any atom is 0.256 e. The average molecular weight is 300 g/mol. The fourth-order valence-electron chi connectivity index (χ4n) is 2.64. The summed E-state index contributed by atoms with van der Waals surface area (Å²) in [6.07, 6.45) is 6.15. The van der Waals surface area contributed by atoms with Crippen LogP contribution in [-0.2, 0) is 13.6 Å². The number of aryl methyl sites for hydroxylation is 4. The van der Waals surface area contributed by atoms with E-state index in [1.54, 1.807) is 10.7 Å². The number of aromatic nitrogens is 5. The summed E-state index contributed by atoms with van der Waals surface area (Å²) in [5.74, 6) is -0.0924. The van der Waals surface area contributed by atoms with Gasteiger partial charge in [0.15, 0.2) is 0 Å². The smallest absolute Gasteiger partial charge is 0.256 e. The molecule has 3 rings (SSSR count). The predicted octanol–water partition coefficient (Wildman–Crippen LogP) is 1.31. The third-order valence-corrected chi connectivity index (χ3v) is 3.71. The molecule has 22 heavy (non-hydrogen) atoms. The summed E-state index contributed by atoms with van der Waals surface area (Å²) in [7, 11) is 1.90. The van der Waals surface area contributed by atoms with Gasteiger partial charge in [-0.25, -0.2) is 4.52 Å². The molecule has 0 atom stereocenters. The first kappa shape index (κ1) is 14.4. The molecule has 1 amide bonds. The molecule has 7 nitrogen and oxygen atoms in total. The highest BCUT2D eigenvalue weighted by atomic mass is 16.1. The normalized spacial score (nSPS) is 11.2. The molecule has 3 aromatic rings. The van der Waals surface area contributed by atoms with E-state index in [0.29, 0.717) is 12.1 Å². The van der Waals surface area contributed by atoms with E-state index in [-0.39, 0.29) is 5.91 Å². The Morgan fingerprint density at radius 1 is 1.32 bits per heavy atom. The molecule has 3 heterocycles. The minimum Gasteiger partial charge on any atom is -0.352 e. The summed E-state index contributed by atoms with van der Waals surface area (Å²) in [6.45, 7) is 5.43. The largest absolute Gasteiger partial charge is 0.352 e. The lowest BCUT2D eigenvalue weighted by atomic mass is 10.3. The van der Waals surface area contributed by atoms with Crippen molar-refractivity contribution < 1.29 is 4.79 Å². The van der Waals surface area contributed by atoms with Crippen molar-refractivity contribution in [3.63, 3.8) is 0 Å². The lowest BCUT2D eigenvalue weighted by Gasteiger charge is -2.06. The van der Waals surface area contributed by atoms with Crippen LogP contribution in [0.25, 0.3) is 5.65 Å². The summed E-state index contributed by atoms with van der Waals surface area (Å²) in [6, 6.07) is 2.05. The van der Waals surface area contributed by atoms with Gasteiger partial charge in [0.05, 0.1) is 11.9 Å². The fraction of sp³-hybridized carbons (Fsp3) is 0.400. The molecule has 0 aliphatic carbocycles. The number of imidazole rings is 1. The molecule has 0 saturated carbocycles. The quantitative estimate of drug-likeness (QED) is 0.722. The van der Waals surface area contributed by atoms with E-state index in [9.17, 15) is 4.79 Å². The van der Waals surface area contributed by atoms with Crippen molar-refractivity contribution in [3.05, 3.63) is 41.6 Å². The molecule has 0 fully saturated rings. The van der Waals surface area contributed by atoms with Crippen LogP contribution in [0, 0.1) is 13.8 Å². The summed E-state index contributed by atoms with van der Waals surface area (Å²) < 4.78 is 5.55. The van der Waals surface area contributed by atoms with Crippen LogP contribution in [0.5, 0.6) is 0 Å². The van der Waals surface area contributed by atoms with Crippen LogP contribution in [0.1, 0.15) is 28.2 Å². The van der Waals surface area contributed by atoms with Gasteiger partial charge in [-0.05, 0) is 26.3 Å². The second kappa shape index (κ2) is 5.67. The van der Waals surface area contributed by atoms with Gasteiger partial charge in [0.1, 0.15) is 11.2 Å². The van der Waals surface area contributed by atoms with Crippen LogP contribution in [0.4, 0.5) is 0 Å². The first-order valence-electron chi connectivity index (χ1n) is 7.34. The van der Waals surface area contributed by atoms with Crippen molar-refractivity contribution in [1.29, 1.82) is 0 Å². The number of nitrogens with zero attached hydrogens (tertiary/aromatic N) is 5. The summed E-state index contributed by atoms with van der Waals surface area (Å²) >= 11 is 0. The molecule has 0 spiro atoms. The van der Waals surface area contributed by atoms with Crippen molar-refractivity contribution in [1.82, 2.24) is 29.3 Å². The molecule has 1 N–H and O–H groups in total. The number of carbonyl (C=O) groups is 1. The Labute approximate surface area is 128 Å². The molecule has 0 aliphatic heterocycles. The molecule has 0 aromatic carbocycles. The van der Waals surface area contributed by atoms with Gasteiger partial charge in [-0.15, -0.1) is 0 Å². The average Bonchev–Trinajstić information content (AvgIpc) is 3.13. The monoisotopic (exact) mass is 300 g/mol. The van der Waals surface area contributed by atoms with Crippen molar-refractivity contribution in [3.8, 4) is 0 Å².